The lowest BCUT2D eigenvalue weighted by Gasteiger charge is -2.57. The number of rotatable bonds is 2. The number of hydrogen-bond acceptors (Lipinski definition) is 5. The molecule has 3 N–H and O–H groups in total. The number of allylic oxidation sites excluding steroid dienone is 1. The largest absolute Gasteiger partial charge is 0.458 e. The zero-order chi connectivity index (χ0) is 21.8. The molecule has 3 saturated carbocycles. The lowest BCUT2D eigenvalue weighted by atomic mass is 9.48. The van der Waals surface area contributed by atoms with E-state index < -0.39 is 0 Å². The summed E-state index contributed by atoms with van der Waals surface area (Å²) in [6, 6.07) is 6.95. The lowest BCUT2D eigenvalue weighted by Crippen LogP contribution is -2.50. The van der Waals surface area contributed by atoms with Gasteiger partial charge in [0.1, 0.15) is 6.10 Å². The average Bonchev–Trinajstić information content (AvgIpc) is 3.10. The summed E-state index contributed by atoms with van der Waals surface area (Å²) in [7, 11) is 0. The van der Waals surface area contributed by atoms with Gasteiger partial charge in [0, 0.05) is 17.5 Å². The number of benzene rings is 1. The van der Waals surface area contributed by atoms with E-state index in [1.807, 2.05) is 0 Å². The molecule has 5 nitrogen and oxygen atoms in total. The number of oxime groups is 1. The van der Waals surface area contributed by atoms with Crippen molar-refractivity contribution in [1.82, 2.24) is 0 Å². The van der Waals surface area contributed by atoms with Crippen molar-refractivity contribution in [2.45, 2.75) is 71.3 Å². The Kier molecular flexibility index (Phi) is 4.91. The molecule has 166 valence electrons. The number of hydrogen-bond donors (Lipinski definition) is 2. The molecule has 1 aromatic carbocycles. The Labute approximate surface area is 184 Å². The predicted molar refractivity (Wildman–Crippen MR) is 121 cm³/mol. The molecule has 0 amide bonds. The van der Waals surface area contributed by atoms with Gasteiger partial charge < -0.3 is 15.7 Å². The molecule has 5 rings (SSSR count). The third-order valence-electron chi connectivity index (χ3n) is 9.34. The van der Waals surface area contributed by atoms with Crippen molar-refractivity contribution in [3.8, 4) is 0 Å². The van der Waals surface area contributed by atoms with Gasteiger partial charge in [-0.2, -0.15) is 0 Å². The zero-order valence-electron chi connectivity index (χ0n) is 18.6. The maximum absolute atomic E-state index is 12.6. The van der Waals surface area contributed by atoms with Crippen LogP contribution in [0.2, 0.25) is 0 Å². The van der Waals surface area contributed by atoms with Crippen molar-refractivity contribution in [2.75, 3.05) is 5.73 Å². The van der Waals surface area contributed by atoms with Crippen molar-refractivity contribution < 1.29 is 14.7 Å². The normalized spacial score (nSPS) is 40.5. The lowest BCUT2D eigenvalue weighted by molar-refractivity contribution is -0.0287. The van der Waals surface area contributed by atoms with Gasteiger partial charge in [0.05, 0.1) is 11.3 Å². The van der Waals surface area contributed by atoms with Gasteiger partial charge in [-0.1, -0.05) is 30.7 Å². The van der Waals surface area contributed by atoms with Gasteiger partial charge in [0.2, 0.25) is 0 Å². The molecule has 0 heterocycles. The highest BCUT2D eigenvalue weighted by Crippen LogP contribution is 2.64. The molecule has 3 unspecified atom stereocenters. The van der Waals surface area contributed by atoms with Gasteiger partial charge in [0.15, 0.2) is 0 Å². The fraction of sp³-hybridized carbons (Fsp3) is 0.615. The SMILES string of the molecule is C[C@]12CC[C@H](OC(=O)c3ccc(N)cc3)CC1=CCC1C2CC[C@]2(C)C(=NO)CCC12. The van der Waals surface area contributed by atoms with E-state index in [4.69, 9.17) is 10.5 Å². The molecule has 3 fully saturated rings. The van der Waals surface area contributed by atoms with Crippen molar-refractivity contribution in [3.05, 3.63) is 41.5 Å². The molecule has 6 atom stereocenters. The Hall–Kier alpha value is -2.30. The Balaban J connectivity index is 1.32. The molecular weight excluding hydrogens is 388 g/mol. The van der Waals surface area contributed by atoms with Crippen LogP contribution in [-0.2, 0) is 4.74 Å². The van der Waals surface area contributed by atoms with Crippen LogP contribution in [0.5, 0.6) is 0 Å². The van der Waals surface area contributed by atoms with Crippen LogP contribution in [0.25, 0.3) is 0 Å². The highest BCUT2D eigenvalue weighted by Gasteiger charge is 2.58. The first kappa shape index (κ1) is 20.6. The minimum Gasteiger partial charge on any atom is -0.458 e. The number of carbonyl (C=O) groups is 1. The number of ether oxygens (including phenoxy) is 1. The fourth-order valence-electron chi connectivity index (χ4n) is 7.52. The fourth-order valence-corrected chi connectivity index (χ4v) is 7.52. The highest BCUT2D eigenvalue weighted by molar-refractivity contribution is 5.92. The highest BCUT2D eigenvalue weighted by atomic mass is 16.5. The van der Waals surface area contributed by atoms with E-state index in [1.54, 1.807) is 24.3 Å². The van der Waals surface area contributed by atoms with E-state index in [2.05, 4.69) is 25.1 Å². The molecule has 0 bridgehead atoms. The first-order valence-electron chi connectivity index (χ1n) is 11.8. The molecule has 5 heteroatoms. The smallest absolute Gasteiger partial charge is 0.338 e. The van der Waals surface area contributed by atoms with Gasteiger partial charge in [-0.25, -0.2) is 4.79 Å². The van der Waals surface area contributed by atoms with Crippen molar-refractivity contribution in [1.29, 1.82) is 0 Å². The second-order valence-corrected chi connectivity index (χ2v) is 10.7. The molecular formula is C26H34N2O3. The van der Waals surface area contributed by atoms with E-state index in [1.165, 1.54) is 12.0 Å². The number of anilines is 1. The van der Waals surface area contributed by atoms with E-state index >= 15 is 0 Å². The van der Waals surface area contributed by atoms with E-state index in [-0.39, 0.29) is 22.9 Å². The molecule has 31 heavy (non-hydrogen) atoms. The molecule has 0 aromatic heterocycles. The van der Waals surface area contributed by atoms with Crippen molar-refractivity contribution in [2.24, 2.45) is 33.7 Å². The summed E-state index contributed by atoms with van der Waals surface area (Å²) in [5.74, 6) is 1.71. The first-order chi connectivity index (χ1) is 14.8. The van der Waals surface area contributed by atoms with E-state index in [0.717, 1.165) is 50.7 Å². The average molecular weight is 423 g/mol. The monoisotopic (exact) mass is 422 g/mol. The molecule has 0 aliphatic heterocycles. The quantitative estimate of drug-likeness (QED) is 0.214. The predicted octanol–water partition coefficient (Wildman–Crippen LogP) is 5.59. The van der Waals surface area contributed by atoms with Crippen LogP contribution in [0.4, 0.5) is 5.69 Å². The number of carbonyl (C=O) groups excluding carboxylic acids is 1. The van der Waals surface area contributed by atoms with Crippen LogP contribution in [0.3, 0.4) is 0 Å². The summed E-state index contributed by atoms with van der Waals surface area (Å²) in [5, 5.41) is 13.2. The summed E-state index contributed by atoms with van der Waals surface area (Å²) >= 11 is 0. The Bertz CT molecular complexity index is 936. The maximum Gasteiger partial charge on any atom is 0.338 e. The van der Waals surface area contributed by atoms with Gasteiger partial charge in [-0.15, -0.1) is 0 Å². The summed E-state index contributed by atoms with van der Waals surface area (Å²) in [5.41, 5.74) is 9.73. The minimum absolute atomic E-state index is 0.0469. The van der Waals surface area contributed by atoms with Crippen molar-refractivity contribution >= 4 is 17.4 Å². The second kappa shape index (κ2) is 7.39. The third kappa shape index (κ3) is 3.19. The number of nitrogens with zero attached hydrogens (tertiary/aromatic N) is 1. The van der Waals surface area contributed by atoms with Gasteiger partial charge in [-0.05, 0) is 92.4 Å². The van der Waals surface area contributed by atoms with Crippen molar-refractivity contribution in [3.63, 3.8) is 0 Å². The topological polar surface area (TPSA) is 84.9 Å². The van der Waals surface area contributed by atoms with Gasteiger partial charge in [0.25, 0.3) is 0 Å². The Morgan fingerprint density at radius 3 is 2.55 bits per heavy atom. The van der Waals surface area contributed by atoms with Crippen LogP contribution in [0, 0.1) is 28.6 Å². The number of fused-ring (bicyclic) bond motifs is 5. The summed E-state index contributed by atoms with van der Waals surface area (Å²) in [6.45, 7) is 4.78. The van der Waals surface area contributed by atoms with Crippen LogP contribution in [-0.4, -0.2) is 23.0 Å². The van der Waals surface area contributed by atoms with Crippen LogP contribution >= 0.6 is 0 Å². The van der Waals surface area contributed by atoms with Gasteiger partial charge in [-0.3, -0.25) is 0 Å². The summed E-state index contributed by atoms with van der Waals surface area (Å²) in [6.07, 6.45) is 10.8. The van der Waals surface area contributed by atoms with Crippen LogP contribution in [0.15, 0.2) is 41.1 Å². The number of nitrogens with two attached hydrogens (primary N) is 1. The standard InChI is InChI=1S/C26H34N2O3/c1-25-13-11-19(31-24(29)16-3-6-18(27)7-4-16)15-17(25)5-8-20-21-9-10-23(28-30)26(21,2)14-12-22(20)25/h3-7,19-22,30H,8-15,27H2,1-2H3/t19-,20?,21?,22?,25-,26-/m0/s1. The molecule has 0 spiro atoms. The minimum atomic E-state index is -0.252. The Morgan fingerprint density at radius 1 is 1.10 bits per heavy atom. The van der Waals surface area contributed by atoms with E-state index in [0.29, 0.717) is 29.0 Å². The van der Waals surface area contributed by atoms with Crippen LogP contribution < -0.4 is 5.73 Å². The maximum atomic E-state index is 12.6. The molecule has 1 aromatic rings. The van der Waals surface area contributed by atoms with E-state index in [9.17, 15) is 10.0 Å². The van der Waals surface area contributed by atoms with Gasteiger partial charge >= 0.3 is 5.97 Å². The molecule has 0 saturated heterocycles. The number of nitrogen functional groups attached to an aromatic ring is 1. The summed E-state index contributed by atoms with van der Waals surface area (Å²) in [4.78, 5) is 12.6. The zero-order valence-corrected chi connectivity index (χ0v) is 18.6. The molecule has 4 aliphatic rings. The third-order valence-corrected chi connectivity index (χ3v) is 9.34. The summed E-state index contributed by atoms with van der Waals surface area (Å²) < 4.78 is 5.90. The number of esters is 1. The first-order valence-corrected chi connectivity index (χ1v) is 11.8. The Morgan fingerprint density at radius 2 is 1.81 bits per heavy atom. The molecule has 0 radical (unpaired) electrons. The molecule has 4 aliphatic carbocycles. The van der Waals surface area contributed by atoms with Crippen LogP contribution in [0.1, 0.15) is 75.6 Å². The second-order valence-electron chi connectivity index (χ2n) is 10.7.